The number of ketones is 1. The molecule has 0 spiro atoms. The molecule has 17 heavy (non-hydrogen) atoms. The zero-order valence-corrected chi connectivity index (χ0v) is 11.1. The van der Waals surface area contributed by atoms with Crippen molar-refractivity contribution in [1.82, 2.24) is 4.90 Å². The fourth-order valence-electron chi connectivity index (χ4n) is 1.88. The Balaban J connectivity index is 2.69. The van der Waals surface area contributed by atoms with Gasteiger partial charge in [-0.2, -0.15) is 0 Å². The summed E-state index contributed by atoms with van der Waals surface area (Å²) in [5, 5.41) is 0. The lowest BCUT2D eigenvalue weighted by molar-refractivity contribution is -0.123. The van der Waals surface area contributed by atoms with Crippen molar-refractivity contribution in [2.75, 3.05) is 13.1 Å². The van der Waals surface area contributed by atoms with Gasteiger partial charge in [0.25, 0.3) is 0 Å². The van der Waals surface area contributed by atoms with Crippen molar-refractivity contribution in [2.45, 2.75) is 39.7 Å². The van der Waals surface area contributed by atoms with Gasteiger partial charge in [0.1, 0.15) is 5.60 Å². The van der Waals surface area contributed by atoms with Crippen molar-refractivity contribution in [3.63, 3.8) is 0 Å². The molecule has 0 aliphatic carbocycles. The SMILES string of the molecule is C=CCC1(C)CN(C(=O)OC(C)(C)C)CC1=O. The number of likely N-dealkylation sites (tertiary alicyclic amines) is 1. The van der Waals surface area contributed by atoms with Crippen LogP contribution in [-0.2, 0) is 9.53 Å². The van der Waals surface area contributed by atoms with E-state index in [0.717, 1.165) is 0 Å². The molecule has 0 N–H and O–H groups in total. The van der Waals surface area contributed by atoms with Crippen LogP contribution in [0.4, 0.5) is 4.79 Å². The summed E-state index contributed by atoms with van der Waals surface area (Å²) < 4.78 is 5.25. The number of amides is 1. The Morgan fingerprint density at radius 2 is 2.18 bits per heavy atom. The molecule has 1 atom stereocenters. The van der Waals surface area contributed by atoms with Crippen molar-refractivity contribution < 1.29 is 14.3 Å². The Morgan fingerprint density at radius 1 is 1.59 bits per heavy atom. The molecule has 1 rings (SSSR count). The number of ether oxygens (including phenoxy) is 1. The highest BCUT2D eigenvalue weighted by molar-refractivity contribution is 5.92. The van der Waals surface area contributed by atoms with Crippen LogP contribution in [0.5, 0.6) is 0 Å². The van der Waals surface area contributed by atoms with E-state index in [0.29, 0.717) is 13.0 Å². The molecule has 4 heteroatoms. The summed E-state index contributed by atoms with van der Waals surface area (Å²) in [6, 6.07) is 0. The van der Waals surface area contributed by atoms with Crippen LogP contribution in [0, 0.1) is 5.41 Å². The quantitative estimate of drug-likeness (QED) is 0.695. The van der Waals surface area contributed by atoms with Crippen LogP contribution >= 0.6 is 0 Å². The van der Waals surface area contributed by atoms with Gasteiger partial charge in [-0.1, -0.05) is 13.0 Å². The van der Waals surface area contributed by atoms with Crippen molar-refractivity contribution >= 4 is 11.9 Å². The third kappa shape index (κ3) is 3.32. The predicted octanol–water partition coefficient (Wildman–Crippen LogP) is 2.39. The zero-order valence-electron chi connectivity index (χ0n) is 11.1. The van der Waals surface area contributed by atoms with Crippen LogP contribution in [0.2, 0.25) is 0 Å². The van der Waals surface area contributed by atoms with Gasteiger partial charge < -0.3 is 4.74 Å². The number of carbonyl (C=O) groups excluding carboxylic acids is 2. The number of Topliss-reactive ketones (excluding diaryl/α,β-unsaturated/α-hetero) is 1. The molecule has 0 saturated carbocycles. The summed E-state index contributed by atoms with van der Waals surface area (Å²) in [4.78, 5) is 25.2. The first-order valence-corrected chi connectivity index (χ1v) is 5.80. The van der Waals surface area contributed by atoms with Gasteiger partial charge in [-0.3, -0.25) is 9.69 Å². The van der Waals surface area contributed by atoms with Crippen LogP contribution in [0.3, 0.4) is 0 Å². The van der Waals surface area contributed by atoms with Crippen LogP contribution in [0.1, 0.15) is 34.1 Å². The first kappa shape index (κ1) is 13.7. The summed E-state index contributed by atoms with van der Waals surface area (Å²) in [6.07, 6.45) is 1.89. The molecule has 1 saturated heterocycles. The molecule has 0 radical (unpaired) electrons. The zero-order chi connectivity index (χ0) is 13.3. The molecule has 1 aliphatic rings. The van der Waals surface area contributed by atoms with Crippen LogP contribution in [-0.4, -0.2) is 35.5 Å². The molecular weight excluding hydrogens is 218 g/mol. The van der Waals surface area contributed by atoms with Crippen LogP contribution in [0.15, 0.2) is 12.7 Å². The van der Waals surface area contributed by atoms with Gasteiger partial charge in [-0.25, -0.2) is 4.79 Å². The Hall–Kier alpha value is -1.32. The van der Waals surface area contributed by atoms with Crippen LogP contribution < -0.4 is 0 Å². The fourth-order valence-corrected chi connectivity index (χ4v) is 1.88. The molecule has 1 amide bonds. The Bertz CT molecular complexity index is 343. The van der Waals surface area contributed by atoms with Crippen molar-refractivity contribution in [3.8, 4) is 0 Å². The number of nitrogens with zero attached hydrogens (tertiary/aromatic N) is 1. The van der Waals surface area contributed by atoms with E-state index in [4.69, 9.17) is 4.74 Å². The summed E-state index contributed by atoms with van der Waals surface area (Å²) in [6.45, 7) is 11.5. The molecular formula is C13H21NO3. The van der Waals surface area contributed by atoms with E-state index in [1.165, 1.54) is 4.90 Å². The maximum absolute atomic E-state index is 11.9. The minimum atomic E-state index is -0.530. The highest BCUT2D eigenvalue weighted by Gasteiger charge is 2.43. The van der Waals surface area contributed by atoms with E-state index < -0.39 is 17.1 Å². The van der Waals surface area contributed by atoms with E-state index in [1.807, 2.05) is 27.7 Å². The highest BCUT2D eigenvalue weighted by atomic mass is 16.6. The molecule has 1 fully saturated rings. The third-order valence-corrected chi connectivity index (χ3v) is 2.79. The van der Waals surface area contributed by atoms with Crippen LogP contribution in [0.25, 0.3) is 0 Å². The summed E-state index contributed by atoms with van der Waals surface area (Å²) in [5.41, 5.74) is -1.03. The lowest BCUT2D eigenvalue weighted by Crippen LogP contribution is -2.36. The van der Waals surface area contributed by atoms with Gasteiger partial charge in [0.2, 0.25) is 0 Å². The molecule has 1 unspecified atom stereocenters. The molecule has 96 valence electrons. The molecule has 0 aromatic heterocycles. The average molecular weight is 239 g/mol. The van der Waals surface area contributed by atoms with Gasteiger partial charge in [0.15, 0.2) is 5.78 Å². The van der Waals surface area contributed by atoms with Gasteiger partial charge in [0, 0.05) is 12.0 Å². The maximum Gasteiger partial charge on any atom is 0.410 e. The Labute approximate surface area is 103 Å². The van der Waals surface area contributed by atoms with E-state index in [1.54, 1.807) is 6.08 Å². The van der Waals surface area contributed by atoms with Crippen molar-refractivity contribution in [2.24, 2.45) is 5.41 Å². The second-order valence-corrected chi connectivity index (χ2v) is 5.81. The summed E-state index contributed by atoms with van der Waals surface area (Å²) in [7, 11) is 0. The summed E-state index contributed by atoms with van der Waals surface area (Å²) >= 11 is 0. The number of allylic oxidation sites excluding steroid dienone is 1. The van der Waals surface area contributed by atoms with Gasteiger partial charge in [-0.05, 0) is 27.2 Å². The van der Waals surface area contributed by atoms with Crippen molar-refractivity contribution in [3.05, 3.63) is 12.7 Å². The first-order valence-electron chi connectivity index (χ1n) is 5.80. The second-order valence-electron chi connectivity index (χ2n) is 5.81. The second kappa shape index (κ2) is 4.51. The lowest BCUT2D eigenvalue weighted by atomic mass is 9.85. The smallest absolute Gasteiger partial charge is 0.410 e. The molecule has 0 bridgehead atoms. The topological polar surface area (TPSA) is 46.6 Å². The summed E-state index contributed by atoms with van der Waals surface area (Å²) in [5.74, 6) is 0.0725. The molecule has 0 aromatic rings. The van der Waals surface area contributed by atoms with E-state index in [9.17, 15) is 9.59 Å². The number of hydrogen-bond acceptors (Lipinski definition) is 3. The van der Waals surface area contributed by atoms with Gasteiger partial charge in [-0.15, -0.1) is 6.58 Å². The first-order chi connectivity index (χ1) is 7.68. The largest absolute Gasteiger partial charge is 0.444 e. The minimum Gasteiger partial charge on any atom is -0.444 e. The number of rotatable bonds is 2. The molecule has 0 aromatic carbocycles. The van der Waals surface area contributed by atoms with E-state index in [2.05, 4.69) is 6.58 Å². The Morgan fingerprint density at radius 3 is 2.65 bits per heavy atom. The molecule has 1 aliphatic heterocycles. The highest BCUT2D eigenvalue weighted by Crippen LogP contribution is 2.31. The van der Waals surface area contributed by atoms with E-state index >= 15 is 0 Å². The van der Waals surface area contributed by atoms with Gasteiger partial charge in [0.05, 0.1) is 6.54 Å². The lowest BCUT2D eigenvalue weighted by Gasteiger charge is -2.25. The fraction of sp³-hybridized carbons (Fsp3) is 0.692. The van der Waals surface area contributed by atoms with Gasteiger partial charge >= 0.3 is 6.09 Å². The third-order valence-electron chi connectivity index (χ3n) is 2.79. The molecule has 1 heterocycles. The normalized spacial score (nSPS) is 24.9. The number of carbonyl (C=O) groups is 2. The van der Waals surface area contributed by atoms with E-state index in [-0.39, 0.29) is 12.3 Å². The maximum atomic E-state index is 11.9. The number of hydrogen-bond donors (Lipinski definition) is 0. The minimum absolute atomic E-state index is 0.0725. The Kier molecular flexibility index (Phi) is 3.65. The molecule has 4 nitrogen and oxygen atoms in total. The monoisotopic (exact) mass is 239 g/mol. The average Bonchev–Trinajstić information content (AvgIpc) is 2.41. The van der Waals surface area contributed by atoms with Crippen molar-refractivity contribution in [1.29, 1.82) is 0 Å². The predicted molar refractivity (Wildman–Crippen MR) is 65.7 cm³/mol. The standard InChI is InChI=1S/C13H21NO3/c1-6-7-13(5)9-14(8-10(13)15)11(16)17-12(2,3)4/h6H,1,7-9H2,2-5H3.